The van der Waals surface area contributed by atoms with Crippen molar-refractivity contribution in [1.29, 1.82) is 0 Å². The summed E-state index contributed by atoms with van der Waals surface area (Å²) in [5, 5.41) is 4.98. The molecule has 0 fully saturated rings. The first-order chi connectivity index (χ1) is 15.1. The lowest BCUT2D eigenvalue weighted by molar-refractivity contribution is -0.168. The van der Waals surface area contributed by atoms with Crippen molar-refractivity contribution in [1.82, 2.24) is 19.6 Å². The third-order valence-corrected chi connectivity index (χ3v) is 4.59. The summed E-state index contributed by atoms with van der Waals surface area (Å²) < 4.78 is 39.6. The van der Waals surface area contributed by atoms with Gasteiger partial charge in [0.25, 0.3) is 0 Å². The molecule has 0 N–H and O–H groups in total. The fraction of sp³-hybridized carbons (Fsp3) is 0.182. The predicted octanol–water partition coefficient (Wildman–Crippen LogP) is 5.57. The van der Waals surface area contributed by atoms with Crippen molar-refractivity contribution < 1.29 is 22.7 Å². The Morgan fingerprint density at radius 3 is 2.47 bits per heavy atom. The molecule has 166 valence electrons. The van der Waals surface area contributed by atoms with Crippen molar-refractivity contribution in [3.05, 3.63) is 65.7 Å². The molecule has 3 aromatic heterocycles. The molecule has 32 heavy (non-hydrogen) atoms. The van der Waals surface area contributed by atoms with Crippen molar-refractivity contribution in [3.8, 4) is 28.3 Å². The minimum absolute atomic E-state index is 0.209. The summed E-state index contributed by atoms with van der Waals surface area (Å²) in [7, 11) is 1.64. The summed E-state index contributed by atoms with van der Waals surface area (Å²) in [6.07, 6.45) is -1.14. The van der Waals surface area contributed by atoms with E-state index in [1.54, 1.807) is 13.3 Å². The topological polar surface area (TPSA) is 69.4 Å². The van der Waals surface area contributed by atoms with E-state index in [0.29, 0.717) is 6.92 Å². The van der Waals surface area contributed by atoms with Crippen LogP contribution >= 0.6 is 11.6 Å². The summed E-state index contributed by atoms with van der Waals surface area (Å²) in [4.78, 5) is 17.7. The van der Waals surface area contributed by atoms with Crippen molar-refractivity contribution in [2.45, 2.75) is 20.0 Å². The van der Waals surface area contributed by atoms with Gasteiger partial charge in [0.15, 0.2) is 0 Å². The van der Waals surface area contributed by atoms with Gasteiger partial charge in [-0.2, -0.15) is 18.3 Å². The standard InChI is InChI=1S/C19H15ClN4O.C3H3F3O/c1-12-4-3-5-13(10-12)18-17(15-8-9-21-19(20)22-15)16-7-6-14(25-2)11-24(16)23-18;1-2(7)3(4,5)6/h3-11H,1-2H3;1H3. The van der Waals surface area contributed by atoms with Gasteiger partial charge >= 0.3 is 6.18 Å². The summed E-state index contributed by atoms with van der Waals surface area (Å²) in [6, 6.07) is 13.9. The molecule has 0 aliphatic carbocycles. The minimum atomic E-state index is -4.64. The lowest BCUT2D eigenvalue weighted by Crippen LogP contribution is -2.18. The SMILES string of the molecule is CC(=O)C(F)(F)F.COc1ccc2c(-c3ccnc(Cl)n3)c(-c3cccc(C)c3)nn2c1. The first kappa shape index (κ1) is 23.2. The molecule has 0 radical (unpaired) electrons. The van der Waals surface area contributed by atoms with Crippen LogP contribution < -0.4 is 4.74 Å². The van der Waals surface area contributed by atoms with Crippen molar-refractivity contribution in [3.63, 3.8) is 0 Å². The van der Waals surface area contributed by atoms with Crippen LogP contribution in [0.1, 0.15) is 12.5 Å². The maximum Gasteiger partial charge on any atom is 0.449 e. The van der Waals surface area contributed by atoms with Gasteiger partial charge in [0.05, 0.1) is 30.1 Å². The number of aromatic nitrogens is 4. The van der Waals surface area contributed by atoms with E-state index in [0.717, 1.165) is 33.8 Å². The second-order valence-corrected chi connectivity index (χ2v) is 7.09. The number of aryl methyl sites for hydroxylation is 1. The van der Waals surface area contributed by atoms with Crippen LogP contribution in [0.2, 0.25) is 5.28 Å². The minimum Gasteiger partial charge on any atom is -0.495 e. The van der Waals surface area contributed by atoms with E-state index in [1.165, 1.54) is 5.56 Å². The van der Waals surface area contributed by atoms with Crippen LogP contribution in [0, 0.1) is 6.92 Å². The van der Waals surface area contributed by atoms with E-state index in [4.69, 9.17) is 21.4 Å². The lowest BCUT2D eigenvalue weighted by atomic mass is 10.0. The Bertz CT molecular complexity index is 1270. The Labute approximate surface area is 186 Å². The first-order valence-corrected chi connectivity index (χ1v) is 9.68. The normalized spacial score (nSPS) is 11.1. The molecule has 4 rings (SSSR count). The van der Waals surface area contributed by atoms with Gasteiger partial charge in [-0.25, -0.2) is 14.5 Å². The third-order valence-electron chi connectivity index (χ3n) is 4.41. The Kier molecular flexibility index (Phi) is 6.78. The van der Waals surface area contributed by atoms with Crippen molar-refractivity contribution in [2.75, 3.05) is 7.11 Å². The van der Waals surface area contributed by atoms with Crippen molar-refractivity contribution in [2.24, 2.45) is 0 Å². The van der Waals surface area contributed by atoms with Crippen LogP contribution in [0.15, 0.2) is 54.9 Å². The fourth-order valence-electron chi connectivity index (χ4n) is 2.87. The predicted molar refractivity (Wildman–Crippen MR) is 115 cm³/mol. The van der Waals surface area contributed by atoms with Gasteiger partial charge in [-0.05, 0) is 42.8 Å². The molecule has 0 amide bonds. The molecule has 3 heterocycles. The largest absolute Gasteiger partial charge is 0.495 e. The lowest BCUT2D eigenvalue weighted by Gasteiger charge is -2.04. The number of benzene rings is 1. The highest BCUT2D eigenvalue weighted by atomic mass is 35.5. The van der Waals surface area contributed by atoms with Crippen molar-refractivity contribution >= 4 is 22.9 Å². The average Bonchev–Trinajstić information content (AvgIpc) is 3.12. The zero-order valence-electron chi connectivity index (χ0n) is 17.3. The number of halogens is 4. The molecule has 0 aliphatic heterocycles. The third kappa shape index (κ3) is 5.23. The molecule has 1 aromatic carbocycles. The van der Waals surface area contributed by atoms with Crippen LogP contribution in [0.4, 0.5) is 13.2 Å². The number of ketones is 1. The van der Waals surface area contributed by atoms with E-state index in [-0.39, 0.29) is 5.28 Å². The van der Waals surface area contributed by atoms with E-state index >= 15 is 0 Å². The number of nitrogens with zero attached hydrogens (tertiary/aromatic N) is 4. The van der Waals surface area contributed by atoms with Gasteiger partial charge in [-0.15, -0.1) is 0 Å². The summed E-state index contributed by atoms with van der Waals surface area (Å²) >= 11 is 6.01. The molecular weight excluding hydrogens is 445 g/mol. The molecule has 0 atom stereocenters. The van der Waals surface area contributed by atoms with Gasteiger partial charge in [0.2, 0.25) is 11.1 Å². The van der Waals surface area contributed by atoms with Crippen LogP contribution in [0.3, 0.4) is 0 Å². The number of hydrogen-bond donors (Lipinski definition) is 0. The fourth-order valence-corrected chi connectivity index (χ4v) is 3.02. The molecule has 10 heteroatoms. The number of Topliss-reactive ketones (excluding diaryl/α,β-unsaturated/α-hetero) is 1. The number of fused-ring (bicyclic) bond motifs is 1. The van der Waals surface area contributed by atoms with E-state index < -0.39 is 12.0 Å². The number of carbonyl (C=O) groups excluding carboxylic acids is 1. The van der Waals surface area contributed by atoms with Crippen LogP contribution in [0.5, 0.6) is 5.75 Å². The highest BCUT2D eigenvalue weighted by molar-refractivity contribution is 6.28. The Morgan fingerprint density at radius 2 is 1.88 bits per heavy atom. The Balaban J connectivity index is 0.000000360. The van der Waals surface area contributed by atoms with Gasteiger partial charge in [-0.3, -0.25) is 4.79 Å². The van der Waals surface area contributed by atoms with Gasteiger partial charge < -0.3 is 4.74 Å². The maximum atomic E-state index is 10.8. The van der Waals surface area contributed by atoms with Crippen LogP contribution in [-0.4, -0.2) is 38.7 Å². The molecule has 4 aromatic rings. The van der Waals surface area contributed by atoms with Gasteiger partial charge in [-0.1, -0.05) is 23.8 Å². The number of ether oxygens (including phenoxy) is 1. The van der Waals surface area contributed by atoms with Gasteiger partial charge in [0.1, 0.15) is 11.4 Å². The number of methoxy groups -OCH3 is 1. The molecular formula is C22H18ClF3N4O2. The Morgan fingerprint density at radius 1 is 1.16 bits per heavy atom. The van der Waals surface area contributed by atoms with Crippen LogP contribution in [0.25, 0.3) is 28.0 Å². The smallest absolute Gasteiger partial charge is 0.449 e. The molecule has 0 bridgehead atoms. The zero-order chi connectivity index (χ0) is 23.5. The highest BCUT2D eigenvalue weighted by Crippen LogP contribution is 2.35. The number of pyridine rings is 1. The highest BCUT2D eigenvalue weighted by Gasteiger charge is 2.33. The first-order valence-electron chi connectivity index (χ1n) is 9.30. The van der Waals surface area contributed by atoms with E-state index in [2.05, 4.69) is 29.0 Å². The monoisotopic (exact) mass is 462 g/mol. The molecule has 6 nitrogen and oxygen atoms in total. The van der Waals surface area contributed by atoms with Crippen LogP contribution in [-0.2, 0) is 4.79 Å². The van der Waals surface area contributed by atoms with E-state index in [9.17, 15) is 18.0 Å². The number of carbonyl (C=O) groups is 1. The zero-order valence-corrected chi connectivity index (χ0v) is 18.1. The van der Waals surface area contributed by atoms with E-state index in [1.807, 2.05) is 41.0 Å². The molecule has 0 aliphatic rings. The second-order valence-electron chi connectivity index (χ2n) is 6.76. The quantitative estimate of drug-likeness (QED) is 0.372. The summed E-state index contributed by atoms with van der Waals surface area (Å²) in [5.74, 6) is -1.02. The summed E-state index contributed by atoms with van der Waals surface area (Å²) in [6.45, 7) is 2.55. The molecule has 0 unspecified atom stereocenters. The maximum absolute atomic E-state index is 10.8. The number of rotatable bonds is 3. The number of hydrogen-bond acceptors (Lipinski definition) is 5. The summed E-state index contributed by atoms with van der Waals surface area (Å²) in [5.41, 5.74) is 5.60. The molecule has 0 spiro atoms. The number of alkyl halides is 3. The second kappa shape index (κ2) is 9.35. The molecule has 0 saturated heterocycles. The average molecular weight is 463 g/mol. The molecule has 0 saturated carbocycles. The Hall–Kier alpha value is -3.46. The van der Waals surface area contributed by atoms with Gasteiger partial charge in [0, 0.05) is 18.7 Å².